The maximum Gasteiger partial charge on any atom is 0.223 e. The minimum Gasteiger partial charge on any atom is -0.497 e. The van der Waals surface area contributed by atoms with Crippen molar-refractivity contribution in [3.8, 4) is 5.75 Å². The number of aryl methyl sites for hydroxylation is 1. The number of halogens is 1. The van der Waals surface area contributed by atoms with Crippen molar-refractivity contribution in [3.63, 3.8) is 0 Å². The van der Waals surface area contributed by atoms with Crippen LogP contribution in [0.25, 0.3) is 0 Å². The summed E-state index contributed by atoms with van der Waals surface area (Å²) >= 11 is 0. The van der Waals surface area contributed by atoms with Crippen LogP contribution in [0.15, 0.2) is 33.8 Å². The first-order chi connectivity index (χ1) is 9.17. The Labute approximate surface area is 133 Å². The molecule has 0 fully saturated rings. The third-order valence-electron chi connectivity index (χ3n) is 2.32. The van der Waals surface area contributed by atoms with Gasteiger partial charge in [-0.3, -0.25) is 0 Å². The van der Waals surface area contributed by atoms with Gasteiger partial charge in [-0.1, -0.05) is 5.16 Å². The Kier molecular flexibility index (Phi) is 6.22. The Morgan fingerprint density at radius 3 is 2.65 bits per heavy atom. The van der Waals surface area contributed by atoms with Crippen LogP contribution in [0, 0.1) is 6.92 Å². The van der Waals surface area contributed by atoms with Gasteiger partial charge in [-0.05, 0) is 24.3 Å². The fourth-order valence-corrected chi connectivity index (χ4v) is 1.42. The molecule has 0 spiro atoms. The van der Waals surface area contributed by atoms with Gasteiger partial charge in [-0.25, -0.2) is 4.99 Å². The Morgan fingerprint density at radius 2 is 2.10 bits per heavy atom. The van der Waals surface area contributed by atoms with Crippen molar-refractivity contribution in [3.05, 3.63) is 36.0 Å². The summed E-state index contributed by atoms with van der Waals surface area (Å²) in [6.45, 7) is 1.99. The van der Waals surface area contributed by atoms with Crippen LogP contribution in [0.3, 0.4) is 0 Å². The molecule has 1 aromatic carbocycles. The first-order valence-corrected chi connectivity index (χ1v) is 5.67. The van der Waals surface area contributed by atoms with Gasteiger partial charge in [0, 0.05) is 12.6 Å². The van der Waals surface area contributed by atoms with Crippen LogP contribution in [0.1, 0.15) is 11.7 Å². The molecular formula is C12H16IN5O2. The minimum atomic E-state index is 0. The van der Waals surface area contributed by atoms with E-state index in [1.807, 2.05) is 24.3 Å². The topological polar surface area (TPSA) is 98.6 Å². The highest BCUT2D eigenvalue weighted by Gasteiger charge is 2.01. The molecule has 8 heteroatoms. The molecule has 0 aliphatic carbocycles. The molecule has 0 aliphatic heterocycles. The van der Waals surface area contributed by atoms with Gasteiger partial charge < -0.3 is 20.3 Å². The first-order valence-electron chi connectivity index (χ1n) is 5.67. The van der Waals surface area contributed by atoms with E-state index in [4.69, 9.17) is 15.0 Å². The SMILES string of the molecule is COc1ccc(NC(N)=NCc2noc(C)n2)cc1.I. The van der Waals surface area contributed by atoms with E-state index < -0.39 is 0 Å². The van der Waals surface area contributed by atoms with Gasteiger partial charge in [0.15, 0.2) is 11.8 Å². The van der Waals surface area contributed by atoms with E-state index in [0.717, 1.165) is 11.4 Å². The third kappa shape index (κ3) is 4.68. The summed E-state index contributed by atoms with van der Waals surface area (Å²) in [5.41, 5.74) is 6.58. The average Bonchev–Trinajstić information content (AvgIpc) is 2.83. The maximum atomic E-state index is 5.75. The summed E-state index contributed by atoms with van der Waals surface area (Å²) in [7, 11) is 1.62. The molecule has 0 saturated carbocycles. The van der Waals surface area contributed by atoms with Crippen LogP contribution in [0.4, 0.5) is 5.69 Å². The smallest absolute Gasteiger partial charge is 0.223 e. The molecule has 0 atom stereocenters. The number of nitrogens with zero attached hydrogens (tertiary/aromatic N) is 3. The van der Waals surface area contributed by atoms with Crippen LogP contribution >= 0.6 is 24.0 Å². The van der Waals surface area contributed by atoms with Crippen molar-refractivity contribution in [2.24, 2.45) is 10.7 Å². The zero-order chi connectivity index (χ0) is 13.7. The normalized spacial score (nSPS) is 10.8. The third-order valence-corrected chi connectivity index (χ3v) is 2.32. The summed E-state index contributed by atoms with van der Waals surface area (Å²) in [5, 5.41) is 6.68. The molecule has 0 radical (unpaired) electrons. The van der Waals surface area contributed by atoms with Crippen LogP contribution in [-0.2, 0) is 6.54 Å². The van der Waals surface area contributed by atoms with E-state index >= 15 is 0 Å². The molecule has 0 aliphatic rings. The van der Waals surface area contributed by atoms with Crippen molar-refractivity contribution in [1.82, 2.24) is 10.1 Å². The molecule has 0 bridgehead atoms. The van der Waals surface area contributed by atoms with E-state index in [2.05, 4.69) is 20.4 Å². The lowest BCUT2D eigenvalue weighted by Crippen LogP contribution is -2.22. The molecule has 108 valence electrons. The number of guanidine groups is 1. The van der Waals surface area contributed by atoms with Crippen molar-refractivity contribution in [1.29, 1.82) is 0 Å². The van der Waals surface area contributed by atoms with Crippen molar-refractivity contribution < 1.29 is 9.26 Å². The number of nitrogens with one attached hydrogen (secondary N) is 1. The number of hydrogen-bond acceptors (Lipinski definition) is 5. The van der Waals surface area contributed by atoms with Crippen molar-refractivity contribution >= 4 is 35.6 Å². The molecule has 3 N–H and O–H groups in total. The maximum absolute atomic E-state index is 5.75. The fraction of sp³-hybridized carbons (Fsp3) is 0.250. The van der Waals surface area contributed by atoms with Gasteiger partial charge in [-0.15, -0.1) is 24.0 Å². The van der Waals surface area contributed by atoms with Gasteiger partial charge in [0.1, 0.15) is 12.3 Å². The summed E-state index contributed by atoms with van der Waals surface area (Å²) in [6.07, 6.45) is 0. The van der Waals surface area contributed by atoms with Gasteiger partial charge in [-0.2, -0.15) is 4.98 Å². The lowest BCUT2D eigenvalue weighted by molar-refractivity contribution is 0.387. The summed E-state index contributed by atoms with van der Waals surface area (Å²) in [6, 6.07) is 7.36. The second-order valence-electron chi connectivity index (χ2n) is 3.78. The van der Waals surface area contributed by atoms with Crippen LogP contribution in [0.2, 0.25) is 0 Å². The number of rotatable bonds is 4. The van der Waals surface area contributed by atoms with Gasteiger partial charge in [0.2, 0.25) is 5.89 Å². The van der Waals surface area contributed by atoms with Gasteiger partial charge in [0.05, 0.1) is 7.11 Å². The predicted octanol–water partition coefficient (Wildman–Crippen LogP) is 1.93. The quantitative estimate of drug-likeness (QED) is 0.471. The molecule has 7 nitrogen and oxygen atoms in total. The standard InChI is InChI=1S/C12H15N5O2.HI/c1-8-15-11(17-19-8)7-14-12(13)16-9-3-5-10(18-2)6-4-9;/h3-6H,7H2,1-2H3,(H3,13,14,16);1H. The molecule has 0 unspecified atom stereocenters. The van der Waals surface area contributed by atoms with Crippen LogP contribution in [0.5, 0.6) is 5.75 Å². The Morgan fingerprint density at radius 1 is 1.40 bits per heavy atom. The summed E-state index contributed by atoms with van der Waals surface area (Å²) in [5.74, 6) is 2.07. The number of hydrogen-bond donors (Lipinski definition) is 2. The highest BCUT2D eigenvalue weighted by molar-refractivity contribution is 14.0. The second-order valence-corrected chi connectivity index (χ2v) is 3.78. The molecule has 0 saturated heterocycles. The summed E-state index contributed by atoms with van der Waals surface area (Å²) < 4.78 is 9.90. The van der Waals surface area contributed by atoms with E-state index in [9.17, 15) is 0 Å². The molecule has 1 heterocycles. The number of nitrogens with two attached hydrogens (primary N) is 1. The number of anilines is 1. The first kappa shape index (κ1) is 16.2. The lowest BCUT2D eigenvalue weighted by Gasteiger charge is -2.06. The fourth-order valence-electron chi connectivity index (χ4n) is 1.42. The number of aromatic nitrogens is 2. The molecular weight excluding hydrogens is 373 g/mol. The van der Waals surface area contributed by atoms with E-state index in [0.29, 0.717) is 11.7 Å². The number of aliphatic imine (C=N–C) groups is 1. The molecule has 0 amide bonds. The van der Waals surface area contributed by atoms with Gasteiger partial charge in [0.25, 0.3) is 0 Å². The largest absolute Gasteiger partial charge is 0.497 e. The monoisotopic (exact) mass is 389 g/mol. The molecule has 1 aromatic heterocycles. The molecule has 20 heavy (non-hydrogen) atoms. The summed E-state index contributed by atoms with van der Waals surface area (Å²) in [4.78, 5) is 8.14. The number of methoxy groups -OCH3 is 1. The van der Waals surface area contributed by atoms with Crippen molar-refractivity contribution in [2.45, 2.75) is 13.5 Å². The minimum absolute atomic E-state index is 0. The zero-order valence-corrected chi connectivity index (χ0v) is 13.5. The highest BCUT2D eigenvalue weighted by atomic mass is 127. The van der Waals surface area contributed by atoms with Gasteiger partial charge >= 0.3 is 0 Å². The van der Waals surface area contributed by atoms with E-state index in [-0.39, 0.29) is 36.5 Å². The predicted molar refractivity (Wildman–Crippen MR) is 86.4 cm³/mol. The Balaban J connectivity index is 0.00000200. The van der Waals surface area contributed by atoms with Crippen molar-refractivity contribution in [2.75, 3.05) is 12.4 Å². The molecule has 2 rings (SSSR count). The average molecular weight is 389 g/mol. The van der Waals surface area contributed by atoms with E-state index in [1.165, 1.54) is 0 Å². The van der Waals surface area contributed by atoms with Crippen LogP contribution < -0.4 is 15.8 Å². The Bertz CT molecular complexity index is 567. The highest BCUT2D eigenvalue weighted by Crippen LogP contribution is 2.14. The van der Waals surface area contributed by atoms with E-state index in [1.54, 1.807) is 14.0 Å². The number of benzene rings is 1. The number of ether oxygens (including phenoxy) is 1. The second kappa shape index (κ2) is 7.68. The zero-order valence-electron chi connectivity index (χ0n) is 11.2. The molecule has 2 aromatic rings. The lowest BCUT2D eigenvalue weighted by atomic mass is 10.3. The Hall–Kier alpha value is -1.84. The van der Waals surface area contributed by atoms with Crippen LogP contribution in [-0.4, -0.2) is 23.2 Å².